The van der Waals surface area contributed by atoms with Crippen molar-refractivity contribution >= 4 is 45.2 Å². The van der Waals surface area contributed by atoms with Crippen LogP contribution in [0.1, 0.15) is 12.5 Å². The molecule has 0 radical (unpaired) electrons. The number of carbonyl (C=O) groups excluding carboxylic acids is 1. The number of hydrogen-bond donors (Lipinski definition) is 1. The van der Waals surface area contributed by atoms with Gasteiger partial charge in [-0.25, -0.2) is 0 Å². The normalized spacial score (nSPS) is 16.2. The molecule has 4 nitrogen and oxygen atoms in total. The van der Waals surface area contributed by atoms with Crippen molar-refractivity contribution in [3.05, 3.63) is 28.8 Å². The summed E-state index contributed by atoms with van der Waals surface area (Å²) in [6, 6.07) is 5.74. The van der Waals surface area contributed by atoms with Gasteiger partial charge >= 0.3 is 0 Å². The topological polar surface area (TPSA) is 53.8 Å². The number of rotatable bonds is 3. The number of anilines is 1. The van der Waals surface area contributed by atoms with E-state index in [-0.39, 0.29) is 12.3 Å². The molecule has 0 spiro atoms. The van der Waals surface area contributed by atoms with E-state index in [9.17, 15) is 4.79 Å². The molecule has 2 rings (SSSR count). The minimum atomic E-state index is 0.0324. The van der Waals surface area contributed by atoms with Gasteiger partial charge in [-0.05, 0) is 43.3 Å². The Morgan fingerprint density at radius 3 is 2.89 bits per heavy atom. The molecule has 18 heavy (non-hydrogen) atoms. The Hall–Kier alpha value is -1.33. The molecule has 0 amide bonds. The van der Waals surface area contributed by atoms with Crippen molar-refractivity contribution in [2.24, 2.45) is 9.98 Å². The first-order valence-corrected chi connectivity index (χ1v) is 6.57. The van der Waals surface area contributed by atoms with Gasteiger partial charge in [0.05, 0.1) is 0 Å². The van der Waals surface area contributed by atoms with Crippen LogP contribution in [0.5, 0.6) is 0 Å². The Balaban J connectivity index is 1.96. The van der Waals surface area contributed by atoms with Crippen molar-refractivity contribution in [3.8, 4) is 0 Å². The zero-order chi connectivity index (χ0) is 13.1. The highest BCUT2D eigenvalue weighted by atomic mass is 35.5. The molecule has 1 heterocycles. The third-order valence-corrected chi connectivity index (χ3v) is 3.44. The maximum atomic E-state index is 10.7. The molecule has 94 valence electrons. The first kappa shape index (κ1) is 13.1. The minimum Gasteiger partial charge on any atom is -0.334 e. The Labute approximate surface area is 115 Å². The second-order valence-electron chi connectivity index (χ2n) is 3.91. The molecule has 0 saturated heterocycles. The van der Waals surface area contributed by atoms with E-state index < -0.39 is 0 Å². The monoisotopic (exact) mass is 281 g/mol. The highest BCUT2D eigenvalue weighted by Gasteiger charge is 2.17. The quantitative estimate of drug-likeness (QED) is 0.926. The van der Waals surface area contributed by atoms with Crippen LogP contribution in [-0.4, -0.2) is 22.7 Å². The van der Waals surface area contributed by atoms with Gasteiger partial charge in [-0.3, -0.25) is 9.79 Å². The number of carbonyl (C=O) groups is 1. The van der Waals surface area contributed by atoms with E-state index in [1.165, 1.54) is 18.7 Å². The van der Waals surface area contributed by atoms with Gasteiger partial charge in [0.15, 0.2) is 16.1 Å². The van der Waals surface area contributed by atoms with Crippen molar-refractivity contribution in [2.75, 3.05) is 11.9 Å². The van der Waals surface area contributed by atoms with Gasteiger partial charge in [0.2, 0.25) is 0 Å². The molecule has 6 heteroatoms. The summed E-state index contributed by atoms with van der Waals surface area (Å²) >= 11 is 7.44. The number of nitrogens with one attached hydrogen (secondary N) is 1. The lowest BCUT2D eigenvalue weighted by atomic mass is 10.2. The van der Waals surface area contributed by atoms with Crippen LogP contribution < -0.4 is 5.32 Å². The lowest BCUT2D eigenvalue weighted by molar-refractivity contribution is -0.115. The van der Waals surface area contributed by atoms with Gasteiger partial charge in [-0.2, -0.15) is 4.99 Å². The molecule has 1 aromatic rings. The summed E-state index contributed by atoms with van der Waals surface area (Å²) in [5.41, 5.74) is 1.93. The summed E-state index contributed by atoms with van der Waals surface area (Å²) in [5, 5.41) is 5.24. The fraction of sp³-hybridized carbons (Fsp3) is 0.250. The lowest BCUT2D eigenvalue weighted by Crippen LogP contribution is -2.20. The van der Waals surface area contributed by atoms with Crippen molar-refractivity contribution < 1.29 is 4.79 Å². The molecule has 0 aromatic heterocycles. The summed E-state index contributed by atoms with van der Waals surface area (Å²) in [5.74, 6) is 0.0324. The number of nitrogens with zero attached hydrogens (tertiary/aromatic N) is 2. The summed E-state index contributed by atoms with van der Waals surface area (Å²) in [6.07, 6.45) is 0. The van der Waals surface area contributed by atoms with E-state index in [1.54, 1.807) is 0 Å². The molecular weight excluding hydrogens is 270 g/mol. The average Bonchev–Trinajstić information content (AvgIpc) is 2.26. The summed E-state index contributed by atoms with van der Waals surface area (Å²) in [7, 11) is 0. The second-order valence-corrected chi connectivity index (χ2v) is 5.27. The van der Waals surface area contributed by atoms with Crippen LogP contribution in [0.25, 0.3) is 0 Å². The molecule has 0 saturated carbocycles. The van der Waals surface area contributed by atoms with Gasteiger partial charge in [-0.1, -0.05) is 17.7 Å². The van der Waals surface area contributed by atoms with E-state index in [0.717, 1.165) is 21.4 Å². The van der Waals surface area contributed by atoms with Crippen molar-refractivity contribution in [3.63, 3.8) is 0 Å². The molecule has 1 aromatic carbocycles. The Morgan fingerprint density at radius 1 is 1.56 bits per heavy atom. The molecule has 0 unspecified atom stereocenters. The third kappa shape index (κ3) is 3.34. The van der Waals surface area contributed by atoms with E-state index in [2.05, 4.69) is 15.3 Å². The molecule has 1 aliphatic rings. The van der Waals surface area contributed by atoms with Gasteiger partial charge in [0, 0.05) is 10.7 Å². The summed E-state index contributed by atoms with van der Waals surface area (Å²) < 4.78 is 0. The maximum Gasteiger partial charge on any atom is 0.193 e. The number of amidine groups is 2. The number of hydrogen-bond acceptors (Lipinski definition) is 4. The van der Waals surface area contributed by atoms with E-state index in [4.69, 9.17) is 11.6 Å². The van der Waals surface area contributed by atoms with Crippen LogP contribution in [0.3, 0.4) is 0 Å². The number of thioether (sulfide) groups is 1. The number of ketones is 1. The Morgan fingerprint density at radius 2 is 2.28 bits per heavy atom. The molecule has 1 N–H and O–H groups in total. The molecule has 0 bridgehead atoms. The number of aliphatic imine (C=N–C) groups is 2. The second kappa shape index (κ2) is 5.54. The predicted molar refractivity (Wildman–Crippen MR) is 77.8 cm³/mol. The molecule has 0 atom stereocenters. The molecule has 0 aliphatic carbocycles. The summed E-state index contributed by atoms with van der Waals surface area (Å²) in [4.78, 5) is 18.9. The van der Waals surface area contributed by atoms with E-state index in [1.807, 2.05) is 25.1 Å². The minimum absolute atomic E-state index is 0.0324. The third-order valence-electron chi connectivity index (χ3n) is 2.25. The molecular formula is C12H12ClN3OS. The Bertz CT molecular complexity index is 554. The highest BCUT2D eigenvalue weighted by molar-refractivity contribution is 8.29. The lowest BCUT2D eigenvalue weighted by Gasteiger charge is -2.16. The van der Waals surface area contributed by atoms with Crippen molar-refractivity contribution in [2.45, 2.75) is 13.8 Å². The highest BCUT2D eigenvalue weighted by Crippen LogP contribution is 2.25. The molecule has 1 aliphatic heterocycles. The largest absolute Gasteiger partial charge is 0.334 e. The SMILES string of the molecule is CC(=O)CN=C1N=C(Nc2ccc(C)c(Cl)c2)S1. The van der Waals surface area contributed by atoms with Gasteiger partial charge < -0.3 is 5.32 Å². The summed E-state index contributed by atoms with van der Waals surface area (Å²) in [6.45, 7) is 3.65. The van der Waals surface area contributed by atoms with E-state index in [0.29, 0.717) is 5.17 Å². The van der Waals surface area contributed by atoms with E-state index >= 15 is 0 Å². The number of halogens is 1. The van der Waals surface area contributed by atoms with Crippen LogP contribution in [0.2, 0.25) is 5.02 Å². The smallest absolute Gasteiger partial charge is 0.193 e. The maximum absolute atomic E-state index is 10.7. The van der Waals surface area contributed by atoms with Crippen molar-refractivity contribution in [1.29, 1.82) is 0 Å². The van der Waals surface area contributed by atoms with Crippen LogP contribution in [0, 0.1) is 6.92 Å². The average molecular weight is 282 g/mol. The molecule has 0 fully saturated rings. The van der Waals surface area contributed by atoms with Crippen LogP contribution >= 0.6 is 23.4 Å². The predicted octanol–water partition coefficient (Wildman–Crippen LogP) is 3.11. The number of aryl methyl sites for hydroxylation is 1. The first-order valence-electron chi connectivity index (χ1n) is 5.38. The zero-order valence-electron chi connectivity index (χ0n) is 10.0. The zero-order valence-corrected chi connectivity index (χ0v) is 11.6. The van der Waals surface area contributed by atoms with Crippen LogP contribution in [0.4, 0.5) is 5.69 Å². The van der Waals surface area contributed by atoms with Gasteiger partial charge in [0.25, 0.3) is 0 Å². The fourth-order valence-electron chi connectivity index (χ4n) is 1.27. The number of Topliss-reactive ketones (excluding diaryl/α,β-unsaturated/α-hetero) is 1. The standard InChI is InChI=1S/C12H12ClN3OS/c1-7-3-4-9(5-10(7)13)15-12-16-11(18-12)14-6-8(2)17/h3-5H,6H2,1-2H3,(H,14,15,16). The number of benzene rings is 1. The first-order chi connectivity index (χ1) is 8.54. The fourth-order valence-corrected chi connectivity index (χ4v) is 2.06. The van der Waals surface area contributed by atoms with Gasteiger partial charge in [0.1, 0.15) is 6.54 Å². The van der Waals surface area contributed by atoms with Gasteiger partial charge in [-0.15, -0.1) is 0 Å². The van der Waals surface area contributed by atoms with Crippen molar-refractivity contribution in [1.82, 2.24) is 0 Å². The van der Waals surface area contributed by atoms with Crippen LogP contribution in [-0.2, 0) is 4.79 Å². The van der Waals surface area contributed by atoms with Crippen LogP contribution in [0.15, 0.2) is 28.2 Å². The Kier molecular flexibility index (Phi) is 4.04.